The second-order valence-electron chi connectivity index (χ2n) is 3.29. The van der Waals surface area contributed by atoms with Crippen molar-refractivity contribution in [2.45, 2.75) is 13.5 Å². The van der Waals surface area contributed by atoms with Crippen molar-refractivity contribution in [1.82, 2.24) is 4.90 Å². The number of benzene rings is 1. The molecule has 3 heteroatoms. The Labute approximate surface area is 84.8 Å². The van der Waals surface area contributed by atoms with Crippen molar-refractivity contribution in [1.29, 1.82) is 5.41 Å². The van der Waals surface area contributed by atoms with Crippen molar-refractivity contribution >= 4 is 5.84 Å². The second kappa shape index (κ2) is 4.65. The molecule has 1 aromatic carbocycles. The molecule has 0 saturated carbocycles. The van der Waals surface area contributed by atoms with Crippen LogP contribution in [0.2, 0.25) is 0 Å². The molecule has 0 aliphatic heterocycles. The maximum atomic E-state index is 7.43. The molecule has 1 N–H and O–H groups in total. The van der Waals surface area contributed by atoms with E-state index in [1.54, 1.807) is 14.0 Å². The lowest BCUT2D eigenvalue weighted by Crippen LogP contribution is -2.22. The number of hydrogen-bond donors (Lipinski definition) is 1. The Kier molecular flexibility index (Phi) is 3.51. The summed E-state index contributed by atoms with van der Waals surface area (Å²) >= 11 is 0. The molecule has 0 unspecified atom stereocenters. The summed E-state index contributed by atoms with van der Waals surface area (Å²) in [6.07, 6.45) is 0. The number of nitrogens with zero attached hydrogens (tertiary/aromatic N) is 1. The molecule has 14 heavy (non-hydrogen) atoms. The smallest absolute Gasteiger partial charge is 0.118 e. The van der Waals surface area contributed by atoms with E-state index in [-0.39, 0.29) is 0 Å². The molecular formula is C11H16N2O. The molecule has 0 aromatic heterocycles. The third-order valence-electron chi connectivity index (χ3n) is 2.15. The summed E-state index contributed by atoms with van der Waals surface area (Å²) in [6, 6.07) is 7.89. The van der Waals surface area contributed by atoms with Crippen molar-refractivity contribution in [2.75, 3.05) is 14.2 Å². The predicted octanol–water partition coefficient (Wildman–Crippen LogP) is 2.12. The van der Waals surface area contributed by atoms with Crippen molar-refractivity contribution < 1.29 is 4.74 Å². The highest BCUT2D eigenvalue weighted by Crippen LogP contribution is 2.12. The fourth-order valence-corrected chi connectivity index (χ4v) is 1.12. The van der Waals surface area contributed by atoms with Crippen LogP contribution in [-0.2, 0) is 6.54 Å². The Morgan fingerprint density at radius 1 is 1.36 bits per heavy atom. The van der Waals surface area contributed by atoms with Gasteiger partial charge in [-0.15, -0.1) is 0 Å². The summed E-state index contributed by atoms with van der Waals surface area (Å²) < 4.78 is 5.07. The van der Waals surface area contributed by atoms with Gasteiger partial charge in [0.25, 0.3) is 0 Å². The van der Waals surface area contributed by atoms with Gasteiger partial charge in [0.2, 0.25) is 0 Å². The minimum absolute atomic E-state index is 0.570. The Morgan fingerprint density at radius 3 is 2.36 bits per heavy atom. The van der Waals surface area contributed by atoms with Gasteiger partial charge < -0.3 is 9.64 Å². The number of hydrogen-bond acceptors (Lipinski definition) is 2. The van der Waals surface area contributed by atoms with Crippen LogP contribution in [0.3, 0.4) is 0 Å². The van der Waals surface area contributed by atoms with Crippen LogP contribution >= 0.6 is 0 Å². The maximum Gasteiger partial charge on any atom is 0.118 e. The van der Waals surface area contributed by atoms with E-state index in [0.29, 0.717) is 5.84 Å². The molecule has 0 aliphatic carbocycles. The monoisotopic (exact) mass is 192 g/mol. The van der Waals surface area contributed by atoms with Crippen LogP contribution in [0.5, 0.6) is 5.75 Å². The van der Waals surface area contributed by atoms with E-state index in [4.69, 9.17) is 10.1 Å². The Hall–Kier alpha value is -1.51. The van der Waals surface area contributed by atoms with Gasteiger partial charge >= 0.3 is 0 Å². The summed E-state index contributed by atoms with van der Waals surface area (Å²) in [5.74, 6) is 1.43. The predicted molar refractivity (Wildman–Crippen MR) is 57.9 cm³/mol. The standard InChI is InChI=1S/C11H16N2O/c1-9(12)13(2)8-10-4-6-11(14-3)7-5-10/h4-7,12H,8H2,1-3H3. The van der Waals surface area contributed by atoms with Gasteiger partial charge in [0.1, 0.15) is 5.75 Å². The van der Waals surface area contributed by atoms with Crippen LogP contribution in [-0.4, -0.2) is 24.9 Å². The Balaban J connectivity index is 2.64. The molecule has 0 aliphatic rings. The first-order chi connectivity index (χ1) is 6.63. The molecule has 3 nitrogen and oxygen atoms in total. The third-order valence-corrected chi connectivity index (χ3v) is 2.15. The highest BCUT2D eigenvalue weighted by Gasteiger charge is 2.00. The molecule has 1 aromatic rings. The van der Waals surface area contributed by atoms with Crippen LogP contribution in [0.15, 0.2) is 24.3 Å². The average Bonchev–Trinajstić information content (AvgIpc) is 2.19. The van der Waals surface area contributed by atoms with E-state index >= 15 is 0 Å². The van der Waals surface area contributed by atoms with Gasteiger partial charge in [0, 0.05) is 13.6 Å². The summed E-state index contributed by atoms with van der Waals surface area (Å²) in [6.45, 7) is 2.54. The summed E-state index contributed by atoms with van der Waals surface area (Å²) in [4.78, 5) is 1.89. The molecule has 0 atom stereocenters. The van der Waals surface area contributed by atoms with E-state index < -0.39 is 0 Å². The van der Waals surface area contributed by atoms with Gasteiger partial charge in [-0.25, -0.2) is 0 Å². The second-order valence-corrected chi connectivity index (χ2v) is 3.29. The lowest BCUT2D eigenvalue weighted by atomic mass is 10.2. The van der Waals surface area contributed by atoms with E-state index in [0.717, 1.165) is 12.3 Å². The number of amidine groups is 1. The number of rotatable bonds is 3. The van der Waals surface area contributed by atoms with Crippen LogP contribution < -0.4 is 4.74 Å². The number of nitrogens with one attached hydrogen (secondary N) is 1. The van der Waals surface area contributed by atoms with Gasteiger partial charge in [0.05, 0.1) is 12.9 Å². The first kappa shape index (κ1) is 10.6. The molecule has 0 amide bonds. The van der Waals surface area contributed by atoms with Gasteiger partial charge in [-0.3, -0.25) is 5.41 Å². The van der Waals surface area contributed by atoms with Gasteiger partial charge in [-0.1, -0.05) is 12.1 Å². The zero-order valence-electron chi connectivity index (χ0n) is 8.87. The van der Waals surface area contributed by atoms with Crippen molar-refractivity contribution in [3.8, 4) is 5.75 Å². The van der Waals surface area contributed by atoms with E-state index in [9.17, 15) is 0 Å². The molecule has 0 heterocycles. The van der Waals surface area contributed by atoms with Crippen molar-refractivity contribution in [2.24, 2.45) is 0 Å². The van der Waals surface area contributed by atoms with Crippen LogP contribution in [0.4, 0.5) is 0 Å². The van der Waals surface area contributed by atoms with Crippen LogP contribution in [0.1, 0.15) is 12.5 Å². The van der Waals surface area contributed by atoms with E-state index in [1.807, 2.05) is 36.2 Å². The molecule has 0 radical (unpaired) electrons. The Morgan fingerprint density at radius 2 is 1.93 bits per heavy atom. The lowest BCUT2D eigenvalue weighted by Gasteiger charge is -2.17. The average molecular weight is 192 g/mol. The van der Waals surface area contributed by atoms with E-state index in [2.05, 4.69) is 0 Å². The van der Waals surface area contributed by atoms with E-state index in [1.165, 1.54) is 5.56 Å². The normalized spacial score (nSPS) is 9.64. The van der Waals surface area contributed by atoms with Gasteiger partial charge in [-0.2, -0.15) is 0 Å². The Bertz CT molecular complexity index is 306. The molecule has 0 spiro atoms. The van der Waals surface area contributed by atoms with Crippen LogP contribution in [0.25, 0.3) is 0 Å². The highest BCUT2D eigenvalue weighted by molar-refractivity contribution is 5.75. The van der Waals surface area contributed by atoms with Gasteiger partial charge in [-0.05, 0) is 24.6 Å². The fraction of sp³-hybridized carbons (Fsp3) is 0.364. The topological polar surface area (TPSA) is 36.3 Å². The first-order valence-corrected chi connectivity index (χ1v) is 4.52. The fourth-order valence-electron chi connectivity index (χ4n) is 1.12. The SMILES string of the molecule is COc1ccc(CN(C)C(C)=N)cc1. The van der Waals surface area contributed by atoms with Crippen LogP contribution in [0, 0.1) is 5.41 Å². The molecule has 0 fully saturated rings. The summed E-state index contributed by atoms with van der Waals surface area (Å²) in [5.41, 5.74) is 1.18. The molecule has 0 bridgehead atoms. The molecule has 1 rings (SSSR count). The molecule has 76 valence electrons. The quantitative estimate of drug-likeness (QED) is 0.588. The zero-order valence-corrected chi connectivity index (χ0v) is 8.87. The number of methoxy groups -OCH3 is 1. The zero-order chi connectivity index (χ0) is 10.6. The lowest BCUT2D eigenvalue weighted by molar-refractivity contribution is 0.414. The molecular weight excluding hydrogens is 176 g/mol. The number of ether oxygens (including phenoxy) is 1. The minimum atomic E-state index is 0.570. The summed E-state index contributed by atoms with van der Waals surface area (Å²) in [7, 11) is 3.56. The third kappa shape index (κ3) is 2.76. The maximum absolute atomic E-state index is 7.43. The largest absolute Gasteiger partial charge is 0.497 e. The highest BCUT2D eigenvalue weighted by atomic mass is 16.5. The molecule has 0 saturated heterocycles. The first-order valence-electron chi connectivity index (χ1n) is 4.52. The van der Waals surface area contributed by atoms with Crippen molar-refractivity contribution in [3.05, 3.63) is 29.8 Å². The van der Waals surface area contributed by atoms with Gasteiger partial charge in [0.15, 0.2) is 0 Å². The summed E-state index contributed by atoms with van der Waals surface area (Å²) in [5, 5.41) is 7.43. The minimum Gasteiger partial charge on any atom is -0.497 e. The van der Waals surface area contributed by atoms with Crippen molar-refractivity contribution in [3.63, 3.8) is 0 Å².